The normalized spacial score (nSPS) is 15.1. The van der Waals surface area contributed by atoms with Crippen LogP contribution < -0.4 is 4.31 Å². The molecule has 0 bridgehead atoms. The van der Waals surface area contributed by atoms with E-state index in [-0.39, 0.29) is 18.7 Å². The lowest BCUT2D eigenvalue weighted by Gasteiger charge is -2.29. The molecule has 6 heteroatoms. The Morgan fingerprint density at radius 1 is 1.19 bits per heavy atom. The zero-order chi connectivity index (χ0) is 15.0. The number of para-hydroxylation sites is 1. The van der Waals surface area contributed by atoms with E-state index in [0.717, 1.165) is 11.3 Å². The first-order chi connectivity index (χ1) is 10.0. The molecule has 0 atom stereocenters. The summed E-state index contributed by atoms with van der Waals surface area (Å²) in [5, 5.41) is 0. The highest BCUT2D eigenvalue weighted by molar-refractivity contribution is 7.94. The summed E-state index contributed by atoms with van der Waals surface area (Å²) >= 11 is 1.29. The second-order valence-electron chi connectivity index (χ2n) is 4.84. The van der Waals surface area contributed by atoms with Gasteiger partial charge >= 0.3 is 0 Å². The van der Waals surface area contributed by atoms with Crippen molar-refractivity contribution in [1.29, 1.82) is 0 Å². The van der Waals surface area contributed by atoms with Crippen LogP contribution in [0.3, 0.4) is 0 Å². The van der Waals surface area contributed by atoms with Crippen LogP contribution in [0, 0.1) is 0 Å². The summed E-state index contributed by atoms with van der Waals surface area (Å²) in [6.45, 7) is 2.20. The number of carbonyl (C=O) groups is 1. The van der Waals surface area contributed by atoms with E-state index in [1.54, 1.807) is 30.3 Å². The number of thiophene rings is 1. The van der Waals surface area contributed by atoms with Crippen LogP contribution in [0.1, 0.15) is 28.6 Å². The minimum Gasteiger partial charge on any atom is -0.294 e. The number of rotatable bonds is 3. The Hall–Kier alpha value is -1.66. The Morgan fingerprint density at radius 3 is 2.67 bits per heavy atom. The van der Waals surface area contributed by atoms with Crippen LogP contribution in [0.15, 0.2) is 40.6 Å². The number of aryl methyl sites for hydroxylation is 1. The fourth-order valence-corrected chi connectivity index (χ4v) is 5.32. The Labute approximate surface area is 128 Å². The third-order valence-corrected chi connectivity index (χ3v) is 7.06. The topological polar surface area (TPSA) is 54.5 Å². The lowest BCUT2D eigenvalue weighted by Crippen LogP contribution is -2.37. The Bertz CT molecular complexity index is 793. The van der Waals surface area contributed by atoms with Gasteiger partial charge in [0.25, 0.3) is 10.0 Å². The number of Topliss-reactive ketones (excluding diaryl/α,β-unsaturated/α-hetero) is 1. The van der Waals surface area contributed by atoms with E-state index >= 15 is 0 Å². The molecule has 1 aliphatic rings. The van der Waals surface area contributed by atoms with Crippen LogP contribution >= 0.6 is 11.3 Å². The summed E-state index contributed by atoms with van der Waals surface area (Å²) in [7, 11) is -3.59. The average molecular weight is 321 g/mol. The van der Waals surface area contributed by atoms with Crippen molar-refractivity contribution in [3.63, 3.8) is 0 Å². The number of hydrogen-bond donors (Lipinski definition) is 0. The fraction of sp³-hybridized carbons (Fsp3) is 0.267. The maximum absolute atomic E-state index is 12.8. The number of fused-ring (bicyclic) bond motifs is 1. The van der Waals surface area contributed by atoms with Gasteiger partial charge in [-0.25, -0.2) is 8.42 Å². The Balaban J connectivity index is 2.08. The highest BCUT2D eigenvalue weighted by Crippen LogP contribution is 2.34. The van der Waals surface area contributed by atoms with Crippen LogP contribution in [-0.4, -0.2) is 20.7 Å². The molecule has 1 aromatic heterocycles. The quantitative estimate of drug-likeness (QED) is 0.873. The van der Waals surface area contributed by atoms with Crippen molar-refractivity contribution >= 4 is 32.8 Å². The molecular weight excluding hydrogens is 306 g/mol. The van der Waals surface area contributed by atoms with E-state index in [1.165, 1.54) is 15.6 Å². The van der Waals surface area contributed by atoms with Crippen molar-refractivity contribution in [3.05, 3.63) is 46.8 Å². The van der Waals surface area contributed by atoms with Gasteiger partial charge in [-0.3, -0.25) is 9.10 Å². The van der Waals surface area contributed by atoms with Crippen molar-refractivity contribution < 1.29 is 13.2 Å². The smallest absolute Gasteiger partial charge is 0.273 e. The largest absolute Gasteiger partial charge is 0.294 e. The molecule has 0 saturated heterocycles. The number of hydrogen-bond acceptors (Lipinski definition) is 4. The van der Waals surface area contributed by atoms with E-state index in [1.807, 2.05) is 13.0 Å². The van der Waals surface area contributed by atoms with Gasteiger partial charge < -0.3 is 0 Å². The molecule has 3 rings (SSSR count). The van der Waals surface area contributed by atoms with Crippen LogP contribution in [0.4, 0.5) is 5.69 Å². The minimum atomic E-state index is -3.59. The Morgan fingerprint density at radius 2 is 1.95 bits per heavy atom. The van der Waals surface area contributed by atoms with Crippen molar-refractivity contribution in [2.45, 2.75) is 24.0 Å². The summed E-state index contributed by atoms with van der Waals surface area (Å²) < 4.78 is 27.3. The van der Waals surface area contributed by atoms with Crippen LogP contribution in [0.5, 0.6) is 0 Å². The number of ketones is 1. The molecule has 2 aromatic rings. The van der Waals surface area contributed by atoms with Crippen LogP contribution in [-0.2, 0) is 16.4 Å². The van der Waals surface area contributed by atoms with Gasteiger partial charge in [-0.05, 0) is 30.7 Å². The molecule has 0 aliphatic carbocycles. The van der Waals surface area contributed by atoms with Gasteiger partial charge in [0.15, 0.2) is 5.78 Å². The first-order valence-corrected chi connectivity index (χ1v) is 9.03. The third-order valence-electron chi connectivity index (χ3n) is 3.54. The van der Waals surface area contributed by atoms with Gasteiger partial charge in [0.05, 0.1) is 5.69 Å². The van der Waals surface area contributed by atoms with E-state index in [2.05, 4.69) is 0 Å². The number of nitrogens with zero attached hydrogens (tertiary/aromatic N) is 1. The maximum atomic E-state index is 12.8. The molecule has 0 N–H and O–H groups in total. The molecule has 0 fully saturated rings. The first-order valence-electron chi connectivity index (χ1n) is 6.77. The predicted octanol–water partition coefficient (Wildman–Crippen LogP) is 3.09. The summed E-state index contributed by atoms with van der Waals surface area (Å²) in [6, 6.07) is 10.4. The molecular formula is C15H15NO3S2. The fourth-order valence-electron chi connectivity index (χ4n) is 2.43. The molecule has 0 radical (unpaired) electrons. The second kappa shape index (κ2) is 5.27. The first kappa shape index (κ1) is 14.3. The SMILES string of the molecule is CCc1ccc(S(=O)(=O)N2CCC(=O)c3ccccc32)s1. The zero-order valence-electron chi connectivity index (χ0n) is 11.6. The molecule has 0 amide bonds. The van der Waals surface area contributed by atoms with Crippen LogP contribution in [0.2, 0.25) is 0 Å². The predicted molar refractivity (Wildman–Crippen MR) is 83.6 cm³/mol. The molecule has 1 aliphatic heterocycles. The van der Waals surface area contributed by atoms with Gasteiger partial charge in [0.1, 0.15) is 4.21 Å². The van der Waals surface area contributed by atoms with Gasteiger partial charge in [-0.15, -0.1) is 11.3 Å². The third kappa shape index (κ3) is 2.38. The molecule has 2 heterocycles. The zero-order valence-corrected chi connectivity index (χ0v) is 13.2. The van der Waals surface area contributed by atoms with Crippen LogP contribution in [0.25, 0.3) is 0 Å². The highest BCUT2D eigenvalue weighted by Gasteiger charge is 2.32. The van der Waals surface area contributed by atoms with Crippen molar-refractivity contribution in [1.82, 2.24) is 0 Å². The standard InChI is InChI=1S/C15H15NO3S2/c1-2-11-7-8-15(20-11)21(18,19)16-10-9-14(17)12-5-3-4-6-13(12)16/h3-8H,2,9-10H2,1H3. The van der Waals surface area contributed by atoms with Gasteiger partial charge in [0.2, 0.25) is 0 Å². The van der Waals surface area contributed by atoms with Crippen molar-refractivity contribution in [2.24, 2.45) is 0 Å². The Kier molecular flexibility index (Phi) is 3.59. The van der Waals surface area contributed by atoms with Gasteiger partial charge in [0, 0.05) is 23.4 Å². The second-order valence-corrected chi connectivity index (χ2v) is 8.10. The number of sulfonamides is 1. The molecule has 0 saturated carbocycles. The van der Waals surface area contributed by atoms with Gasteiger partial charge in [-0.1, -0.05) is 19.1 Å². The van der Waals surface area contributed by atoms with Gasteiger partial charge in [-0.2, -0.15) is 0 Å². The lowest BCUT2D eigenvalue weighted by atomic mass is 10.0. The number of carbonyl (C=O) groups excluding carboxylic acids is 1. The van der Waals surface area contributed by atoms with Crippen molar-refractivity contribution in [3.8, 4) is 0 Å². The van der Waals surface area contributed by atoms with E-state index < -0.39 is 10.0 Å². The number of benzene rings is 1. The van der Waals surface area contributed by atoms with E-state index in [0.29, 0.717) is 15.5 Å². The highest BCUT2D eigenvalue weighted by atomic mass is 32.2. The summed E-state index contributed by atoms with van der Waals surface area (Å²) in [5.74, 6) is -0.00234. The molecule has 110 valence electrons. The molecule has 0 spiro atoms. The molecule has 0 unspecified atom stereocenters. The summed E-state index contributed by atoms with van der Waals surface area (Å²) in [4.78, 5) is 13.0. The summed E-state index contributed by atoms with van der Waals surface area (Å²) in [6.07, 6.45) is 1.04. The monoisotopic (exact) mass is 321 g/mol. The van der Waals surface area contributed by atoms with E-state index in [9.17, 15) is 13.2 Å². The lowest BCUT2D eigenvalue weighted by molar-refractivity contribution is 0.0982. The van der Waals surface area contributed by atoms with E-state index in [4.69, 9.17) is 0 Å². The molecule has 21 heavy (non-hydrogen) atoms. The molecule has 4 nitrogen and oxygen atoms in total. The van der Waals surface area contributed by atoms with Crippen molar-refractivity contribution in [2.75, 3.05) is 10.8 Å². The maximum Gasteiger partial charge on any atom is 0.273 e. The minimum absolute atomic E-state index is 0.00234. The number of anilines is 1. The molecule has 1 aromatic carbocycles. The summed E-state index contributed by atoms with van der Waals surface area (Å²) in [5.41, 5.74) is 0.972. The average Bonchev–Trinajstić information content (AvgIpc) is 2.97.